The Kier molecular flexibility index (Phi) is 13.1. The van der Waals surface area contributed by atoms with Gasteiger partial charge in [0.2, 0.25) is 29.4 Å². The third-order valence-electron chi connectivity index (χ3n) is 8.33. The summed E-state index contributed by atoms with van der Waals surface area (Å²) in [5.74, 6) is -3.21. The molecule has 2 aromatic heterocycles. The summed E-state index contributed by atoms with van der Waals surface area (Å²) in [5.41, 5.74) is 0.784. The summed E-state index contributed by atoms with van der Waals surface area (Å²) in [6.45, 7) is 7.98. The van der Waals surface area contributed by atoms with Gasteiger partial charge in [-0.15, -0.1) is 10.2 Å². The van der Waals surface area contributed by atoms with Crippen LogP contribution in [0.3, 0.4) is 0 Å². The third kappa shape index (κ3) is 10.00. The monoisotopic (exact) mass is 677 g/mol. The van der Waals surface area contributed by atoms with Crippen molar-refractivity contribution in [2.75, 3.05) is 13.1 Å². The molecule has 4 amide bonds. The van der Waals surface area contributed by atoms with Gasteiger partial charge in [-0.25, -0.2) is 4.39 Å². The summed E-state index contributed by atoms with van der Waals surface area (Å²) in [4.78, 5) is 71.1. The number of halogens is 1. The van der Waals surface area contributed by atoms with Crippen molar-refractivity contribution in [2.24, 2.45) is 11.8 Å². The fraction of sp³-hybridized carbons (Fsp3) is 0.486. The predicted molar refractivity (Wildman–Crippen MR) is 177 cm³/mol. The Morgan fingerprint density at radius 1 is 0.918 bits per heavy atom. The number of hydrogen-bond acceptors (Lipinski definition) is 9. The molecule has 49 heavy (non-hydrogen) atoms. The number of carbonyl (C=O) groups is 5. The zero-order valence-electron chi connectivity index (χ0n) is 28.3. The number of benzene rings is 1. The van der Waals surface area contributed by atoms with E-state index in [4.69, 9.17) is 4.42 Å². The van der Waals surface area contributed by atoms with Gasteiger partial charge in [-0.3, -0.25) is 29.0 Å². The molecule has 3 atom stereocenters. The van der Waals surface area contributed by atoms with E-state index in [1.54, 1.807) is 38.2 Å². The van der Waals surface area contributed by atoms with Crippen molar-refractivity contribution in [3.8, 4) is 11.5 Å². The maximum atomic E-state index is 13.7. The number of Topliss-reactive ketones (excluding diaryl/α,β-unsaturated/α-hetero) is 1. The molecule has 3 N–H and O–H groups in total. The molecule has 0 aliphatic carbocycles. The highest BCUT2D eigenvalue weighted by atomic mass is 19.1. The van der Waals surface area contributed by atoms with E-state index in [9.17, 15) is 28.4 Å². The summed E-state index contributed by atoms with van der Waals surface area (Å²) >= 11 is 0. The molecule has 1 saturated heterocycles. The highest BCUT2D eigenvalue weighted by molar-refractivity contribution is 6.00. The summed E-state index contributed by atoms with van der Waals surface area (Å²) in [6.07, 6.45) is 4.73. The van der Waals surface area contributed by atoms with Gasteiger partial charge in [0.15, 0.2) is 0 Å². The summed E-state index contributed by atoms with van der Waals surface area (Å²) in [7, 11) is 0. The van der Waals surface area contributed by atoms with E-state index in [1.807, 2.05) is 13.8 Å². The molecule has 0 saturated carbocycles. The Bertz CT molecular complexity index is 1600. The molecule has 3 aromatic rings. The van der Waals surface area contributed by atoms with E-state index in [0.717, 1.165) is 0 Å². The number of amides is 4. The van der Waals surface area contributed by atoms with Crippen molar-refractivity contribution in [1.82, 2.24) is 36.0 Å². The Labute approximate surface area is 284 Å². The second-order valence-corrected chi connectivity index (χ2v) is 12.8. The molecule has 0 bridgehead atoms. The van der Waals surface area contributed by atoms with Crippen molar-refractivity contribution in [2.45, 2.75) is 84.3 Å². The number of aromatic nitrogens is 3. The van der Waals surface area contributed by atoms with Crippen LogP contribution in [0.4, 0.5) is 4.39 Å². The topological polar surface area (TPSA) is 176 Å². The largest absolute Gasteiger partial charge is 0.414 e. The Morgan fingerprint density at radius 2 is 1.65 bits per heavy atom. The van der Waals surface area contributed by atoms with E-state index in [2.05, 4.69) is 31.1 Å². The van der Waals surface area contributed by atoms with Crippen LogP contribution in [0, 0.1) is 17.7 Å². The third-order valence-corrected chi connectivity index (χ3v) is 8.33. The summed E-state index contributed by atoms with van der Waals surface area (Å²) < 4.78 is 18.9. The molecule has 3 heterocycles. The molecule has 0 radical (unpaired) electrons. The SMILES string of the molecule is CC(C)[C@H](NC(=O)[C@H]1CCCN1C(=O)[C@@H](NC(=O)CCCCCNC(=O)c1ccccn1)C(C)C)C(=O)c1nnc(-c2ccc(F)cc2)o1. The van der Waals surface area contributed by atoms with Crippen molar-refractivity contribution >= 4 is 29.4 Å². The minimum absolute atomic E-state index is 0.0385. The Hall–Kier alpha value is -5.01. The first-order chi connectivity index (χ1) is 23.5. The minimum Gasteiger partial charge on any atom is -0.414 e. The van der Waals surface area contributed by atoms with Crippen LogP contribution in [0.1, 0.15) is 87.4 Å². The average molecular weight is 678 g/mol. The number of nitrogens with one attached hydrogen (secondary N) is 3. The summed E-state index contributed by atoms with van der Waals surface area (Å²) in [5, 5.41) is 16.2. The van der Waals surface area contributed by atoms with E-state index >= 15 is 0 Å². The molecular formula is C35H44FN7O6. The van der Waals surface area contributed by atoms with Gasteiger partial charge < -0.3 is 25.3 Å². The molecule has 1 aliphatic heterocycles. The maximum absolute atomic E-state index is 13.7. The lowest BCUT2D eigenvalue weighted by Gasteiger charge is -2.31. The number of rotatable bonds is 16. The van der Waals surface area contributed by atoms with E-state index in [1.165, 1.54) is 29.2 Å². The first-order valence-corrected chi connectivity index (χ1v) is 16.7. The van der Waals surface area contributed by atoms with Crippen LogP contribution < -0.4 is 16.0 Å². The zero-order valence-corrected chi connectivity index (χ0v) is 28.3. The quantitative estimate of drug-likeness (QED) is 0.151. The van der Waals surface area contributed by atoms with Crippen LogP contribution in [-0.2, 0) is 14.4 Å². The number of unbranched alkanes of at least 4 members (excludes halogenated alkanes) is 2. The first-order valence-electron chi connectivity index (χ1n) is 16.7. The lowest BCUT2D eigenvalue weighted by atomic mass is 9.98. The molecule has 14 heteroatoms. The molecule has 0 unspecified atom stereocenters. The van der Waals surface area contributed by atoms with E-state index < -0.39 is 35.6 Å². The van der Waals surface area contributed by atoms with Gasteiger partial charge in [0.25, 0.3) is 11.8 Å². The predicted octanol–water partition coefficient (Wildman–Crippen LogP) is 3.72. The molecule has 262 valence electrons. The maximum Gasteiger partial charge on any atom is 0.286 e. The number of ketones is 1. The van der Waals surface area contributed by atoms with Crippen LogP contribution in [0.2, 0.25) is 0 Å². The van der Waals surface area contributed by atoms with Gasteiger partial charge in [0.05, 0.1) is 6.04 Å². The van der Waals surface area contributed by atoms with Gasteiger partial charge in [0, 0.05) is 31.3 Å². The minimum atomic E-state index is -1.00. The van der Waals surface area contributed by atoms with E-state index in [0.29, 0.717) is 56.5 Å². The van der Waals surface area contributed by atoms with Gasteiger partial charge in [-0.05, 0) is 73.9 Å². The number of nitrogens with zero attached hydrogens (tertiary/aromatic N) is 4. The van der Waals surface area contributed by atoms with Gasteiger partial charge >= 0.3 is 0 Å². The lowest BCUT2D eigenvalue weighted by molar-refractivity contribution is -0.142. The second-order valence-electron chi connectivity index (χ2n) is 12.8. The highest BCUT2D eigenvalue weighted by Crippen LogP contribution is 2.23. The van der Waals surface area contributed by atoms with Crippen molar-refractivity contribution in [1.29, 1.82) is 0 Å². The summed E-state index contributed by atoms with van der Waals surface area (Å²) in [6, 6.07) is 7.84. The molecule has 4 rings (SSSR count). The molecule has 1 aliphatic rings. The normalized spacial score (nSPS) is 15.6. The van der Waals surface area contributed by atoms with Crippen molar-refractivity contribution in [3.05, 3.63) is 66.1 Å². The van der Waals surface area contributed by atoms with E-state index in [-0.39, 0.29) is 47.8 Å². The molecule has 1 aromatic carbocycles. The highest BCUT2D eigenvalue weighted by Gasteiger charge is 2.40. The van der Waals surface area contributed by atoms with Gasteiger partial charge in [0.1, 0.15) is 23.6 Å². The van der Waals surface area contributed by atoms with Crippen LogP contribution in [0.25, 0.3) is 11.5 Å². The molecule has 1 fully saturated rings. The lowest BCUT2D eigenvalue weighted by Crippen LogP contribution is -2.57. The van der Waals surface area contributed by atoms with Crippen LogP contribution in [0.5, 0.6) is 0 Å². The van der Waals surface area contributed by atoms with Crippen LogP contribution in [-0.4, -0.2) is 80.7 Å². The fourth-order valence-corrected chi connectivity index (χ4v) is 5.57. The standard InChI is InChI=1S/C35H44FN7O6/c1-21(2)28(30(45)34-42-41-33(49-34)23-14-16-24(36)17-15-23)40-32(47)26-12-10-20-43(26)35(48)29(22(3)4)39-27(44)13-6-5-8-19-38-31(46)25-11-7-9-18-37-25/h7,9,11,14-18,21-22,26,28-29H,5-6,8,10,12-13,19-20H2,1-4H3,(H,38,46)(H,39,44)(H,40,47)/t26-,28+,29+/m1/s1. The van der Waals surface area contributed by atoms with Crippen molar-refractivity contribution in [3.63, 3.8) is 0 Å². The molecule has 13 nitrogen and oxygen atoms in total. The fourth-order valence-electron chi connectivity index (χ4n) is 5.57. The zero-order chi connectivity index (χ0) is 35.5. The number of hydrogen-bond donors (Lipinski definition) is 3. The Balaban J connectivity index is 1.29. The van der Waals surface area contributed by atoms with Gasteiger partial charge in [-0.1, -0.05) is 40.2 Å². The smallest absolute Gasteiger partial charge is 0.286 e. The average Bonchev–Trinajstić information content (AvgIpc) is 3.78. The number of likely N-dealkylation sites (tertiary alicyclic amines) is 1. The Morgan fingerprint density at radius 3 is 2.33 bits per heavy atom. The molecule has 0 spiro atoms. The van der Waals surface area contributed by atoms with Crippen LogP contribution in [0.15, 0.2) is 53.1 Å². The first kappa shape index (κ1) is 36.8. The second kappa shape index (κ2) is 17.4. The van der Waals surface area contributed by atoms with Crippen molar-refractivity contribution < 1.29 is 32.8 Å². The van der Waals surface area contributed by atoms with Gasteiger partial charge in [-0.2, -0.15) is 0 Å². The number of carbonyl (C=O) groups excluding carboxylic acids is 5. The number of pyridine rings is 1. The molecular weight excluding hydrogens is 633 g/mol. The van der Waals surface area contributed by atoms with Crippen LogP contribution >= 0.6 is 0 Å².